The van der Waals surface area contributed by atoms with Crippen molar-refractivity contribution in [3.05, 3.63) is 107 Å². The molecule has 166 valence electrons. The lowest BCUT2D eigenvalue weighted by Gasteiger charge is -2.12. The van der Waals surface area contributed by atoms with Crippen molar-refractivity contribution in [3.8, 4) is 40.0 Å². The van der Waals surface area contributed by atoms with Gasteiger partial charge >= 0.3 is 0 Å². The molecule has 6 aromatic rings. The third-order valence-corrected chi connectivity index (χ3v) is 7.19. The fourth-order valence-electron chi connectivity index (χ4n) is 4.27. The number of halogens is 2. The minimum atomic E-state index is -0.496. The van der Waals surface area contributed by atoms with Crippen LogP contribution in [0, 0.1) is 17.1 Å². The first kappa shape index (κ1) is 21.4. The van der Waals surface area contributed by atoms with E-state index in [2.05, 4.69) is 30.3 Å². The zero-order valence-corrected chi connectivity index (χ0v) is 19.7. The Morgan fingerprint density at radius 2 is 1.43 bits per heavy atom. The summed E-state index contributed by atoms with van der Waals surface area (Å²) in [6.45, 7) is 0. The second-order valence-corrected chi connectivity index (χ2v) is 9.58. The van der Waals surface area contributed by atoms with Crippen molar-refractivity contribution in [3.63, 3.8) is 0 Å². The molecule has 2 heterocycles. The molecule has 0 spiro atoms. The molecule has 0 saturated heterocycles. The van der Waals surface area contributed by atoms with Crippen molar-refractivity contribution in [1.82, 2.24) is 9.97 Å². The molecule has 0 aliphatic carbocycles. The highest BCUT2D eigenvalue weighted by Crippen LogP contribution is 2.37. The molecule has 0 aliphatic heterocycles. The van der Waals surface area contributed by atoms with Crippen LogP contribution in [0.1, 0.15) is 5.56 Å². The summed E-state index contributed by atoms with van der Waals surface area (Å²) in [7, 11) is 0. The summed E-state index contributed by atoms with van der Waals surface area (Å²) in [5.74, 6) is -0.0397. The quantitative estimate of drug-likeness (QED) is 0.249. The SMILES string of the molecule is N#Cc1c(-c2ccccc2)nc(-c2ccc3c(c2)sc2ccccc23)nc1-c1cc(F)cc(Cl)c1. The molecule has 0 unspecified atom stereocenters. The number of hydrogen-bond donors (Lipinski definition) is 0. The molecule has 6 heteroatoms. The number of fused-ring (bicyclic) bond motifs is 3. The Morgan fingerprint density at radius 1 is 0.714 bits per heavy atom. The van der Waals surface area contributed by atoms with E-state index >= 15 is 0 Å². The molecule has 2 aromatic heterocycles. The lowest BCUT2D eigenvalue weighted by atomic mass is 10.00. The van der Waals surface area contributed by atoms with Gasteiger partial charge in [0.2, 0.25) is 0 Å². The third kappa shape index (κ3) is 3.83. The Hall–Kier alpha value is -4.11. The van der Waals surface area contributed by atoms with Crippen LogP contribution in [0.25, 0.3) is 54.1 Å². The first-order valence-electron chi connectivity index (χ1n) is 10.9. The lowest BCUT2D eigenvalue weighted by molar-refractivity contribution is 0.628. The van der Waals surface area contributed by atoms with Gasteiger partial charge in [0.15, 0.2) is 5.82 Å². The van der Waals surface area contributed by atoms with E-state index < -0.39 is 5.82 Å². The van der Waals surface area contributed by atoms with Gasteiger partial charge in [-0.3, -0.25) is 0 Å². The minimum Gasteiger partial charge on any atom is -0.227 e. The molecule has 0 N–H and O–H groups in total. The number of nitrogens with zero attached hydrogens (tertiary/aromatic N) is 3. The molecule has 0 saturated carbocycles. The van der Waals surface area contributed by atoms with Gasteiger partial charge < -0.3 is 0 Å². The van der Waals surface area contributed by atoms with Crippen LogP contribution in [0.4, 0.5) is 4.39 Å². The van der Waals surface area contributed by atoms with Gasteiger partial charge in [0, 0.05) is 41.9 Å². The molecule has 0 radical (unpaired) electrons. The van der Waals surface area contributed by atoms with E-state index in [1.54, 1.807) is 17.4 Å². The van der Waals surface area contributed by atoms with Crippen molar-refractivity contribution in [2.75, 3.05) is 0 Å². The smallest absolute Gasteiger partial charge is 0.160 e. The van der Waals surface area contributed by atoms with Crippen LogP contribution in [0.3, 0.4) is 0 Å². The summed E-state index contributed by atoms with van der Waals surface area (Å²) in [4.78, 5) is 9.58. The summed E-state index contributed by atoms with van der Waals surface area (Å²) in [6, 6.07) is 30.3. The van der Waals surface area contributed by atoms with E-state index in [1.807, 2.05) is 48.5 Å². The summed E-state index contributed by atoms with van der Waals surface area (Å²) >= 11 is 7.86. The van der Waals surface area contributed by atoms with Gasteiger partial charge in [0.25, 0.3) is 0 Å². The van der Waals surface area contributed by atoms with Crippen molar-refractivity contribution in [2.24, 2.45) is 0 Å². The Kier molecular flexibility index (Phi) is 5.26. The molecule has 0 bridgehead atoms. The Morgan fingerprint density at radius 3 is 2.20 bits per heavy atom. The first-order chi connectivity index (χ1) is 17.1. The number of thiophene rings is 1. The van der Waals surface area contributed by atoms with E-state index in [4.69, 9.17) is 21.6 Å². The van der Waals surface area contributed by atoms with E-state index in [0.717, 1.165) is 15.8 Å². The normalized spacial score (nSPS) is 11.1. The minimum absolute atomic E-state index is 0.233. The zero-order valence-electron chi connectivity index (χ0n) is 18.2. The van der Waals surface area contributed by atoms with Gasteiger partial charge in [0.05, 0.1) is 11.4 Å². The summed E-state index contributed by atoms with van der Waals surface area (Å²) in [5, 5.41) is 12.7. The maximum absolute atomic E-state index is 14.3. The average molecular weight is 492 g/mol. The molecule has 6 rings (SSSR count). The van der Waals surface area contributed by atoms with E-state index in [-0.39, 0.29) is 10.6 Å². The molecule has 0 aliphatic rings. The van der Waals surface area contributed by atoms with Gasteiger partial charge in [-0.25, -0.2) is 14.4 Å². The second-order valence-electron chi connectivity index (χ2n) is 8.06. The van der Waals surface area contributed by atoms with Gasteiger partial charge in [-0.2, -0.15) is 5.26 Å². The Bertz CT molecular complexity index is 1770. The first-order valence-corrected chi connectivity index (χ1v) is 12.1. The zero-order chi connectivity index (χ0) is 23.9. The molecule has 3 nitrogen and oxygen atoms in total. The van der Waals surface area contributed by atoms with Gasteiger partial charge in [-0.15, -0.1) is 11.3 Å². The number of nitriles is 1. The van der Waals surface area contributed by atoms with Crippen LogP contribution in [-0.4, -0.2) is 9.97 Å². The number of hydrogen-bond acceptors (Lipinski definition) is 4. The fourth-order valence-corrected chi connectivity index (χ4v) is 5.63. The lowest BCUT2D eigenvalue weighted by Crippen LogP contribution is -2.01. The van der Waals surface area contributed by atoms with Gasteiger partial charge in [-0.05, 0) is 30.3 Å². The van der Waals surface area contributed by atoms with Crippen molar-refractivity contribution in [2.45, 2.75) is 0 Å². The highest BCUT2D eigenvalue weighted by atomic mass is 35.5. The molecule has 35 heavy (non-hydrogen) atoms. The summed E-state index contributed by atoms with van der Waals surface area (Å²) < 4.78 is 16.6. The fraction of sp³-hybridized carbons (Fsp3) is 0. The van der Waals surface area contributed by atoms with Crippen LogP contribution >= 0.6 is 22.9 Å². The topological polar surface area (TPSA) is 49.6 Å². The summed E-state index contributed by atoms with van der Waals surface area (Å²) in [5.41, 5.74) is 3.12. The largest absolute Gasteiger partial charge is 0.227 e. The molecule has 0 atom stereocenters. The molecular formula is C29H15ClFN3S. The Labute approximate surface area is 209 Å². The van der Waals surface area contributed by atoms with E-state index in [0.29, 0.717) is 22.8 Å². The van der Waals surface area contributed by atoms with Gasteiger partial charge in [-0.1, -0.05) is 72.3 Å². The van der Waals surface area contributed by atoms with Crippen LogP contribution in [-0.2, 0) is 0 Å². The van der Waals surface area contributed by atoms with E-state index in [1.165, 1.54) is 27.6 Å². The maximum atomic E-state index is 14.3. The van der Waals surface area contributed by atoms with Crippen molar-refractivity contribution < 1.29 is 4.39 Å². The van der Waals surface area contributed by atoms with Crippen LogP contribution < -0.4 is 0 Å². The van der Waals surface area contributed by atoms with E-state index in [9.17, 15) is 9.65 Å². The predicted octanol–water partition coefficient (Wildman–Crippen LogP) is 8.51. The average Bonchev–Trinajstić information content (AvgIpc) is 3.25. The van der Waals surface area contributed by atoms with Crippen LogP contribution in [0.5, 0.6) is 0 Å². The molecule has 4 aromatic carbocycles. The van der Waals surface area contributed by atoms with Crippen molar-refractivity contribution in [1.29, 1.82) is 5.26 Å². The second kappa shape index (κ2) is 8.59. The molecule has 0 amide bonds. The standard InChI is InChI=1S/C29H15ClFN3S/c30-20-12-19(13-21(31)15-20)28-24(16-32)27(17-6-2-1-3-7-17)33-29(34-28)18-10-11-23-22-8-4-5-9-25(22)35-26(23)14-18/h1-15H. The Balaban J connectivity index is 1.63. The highest BCUT2D eigenvalue weighted by Gasteiger charge is 2.19. The maximum Gasteiger partial charge on any atom is 0.160 e. The van der Waals surface area contributed by atoms with Gasteiger partial charge in [0.1, 0.15) is 17.4 Å². The molecular weight excluding hydrogens is 477 g/mol. The van der Waals surface area contributed by atoms with Crippen molar-refractivity contribution >= 4 is 43.1 Å². The monoisotopic (exact) mass is 491 g/mol. The summed E-state index contributed by atoms with van der Waals surface area (Å²) in [6.07, 6.45) is 0. The predicted molar refractivity (Wildman–Crippen MR) is 141 cm³/mol. The molecule has 0 fully saturated rings. The van der Waals surface area contributed by atoms with Crippen LogP contribution in [0.2, 0.25) is 5.02 Å². The number of rotatable bonds is 3. The highest BCUT2D eigenvalue weighted by molar-refractivity contribution is 7.25. The number of benzene rings is 4. The number of aromatic nitrogens is 2. The third-order valence-electron chi connectivity index (χ3n) is 5.84. The van der Waals surface area contributed by atoms with Crippen LogP contribution in [0.15, 0.2) is 91.0 Å².